The van der Waals surface area contributed by atoms with Gasteiger partial charge >= 0.3 is 0 Å². The van der Waals surface area contributed by atoms with Crippen LogP contribution in [0.2, 0.25) is 0 Å². The molecule has 7 heteroatoms. The molecule has 2 heterocycles. The second-order valence-electron chi connectivity index (χ2n) is 7.01. The standard InChI is InChI=1S/C21H32N4O2.HI/c1-3-22-21(24-18-9-12-25(13-10-18)14-15-26-2)23-11-8-19-16-17-6-4-5-7-20(17)27-19;/h4-7,16,18H,3,8-15H2,1-2H3,(H2,22,23,24);1H. The molecular weight excluding hydrogens is 467 g/mol. The second kappa shape index (κ2) is 12.3. The van der Waals surface area contributed by atoms with Gasteiger partial charge in [-0.2, -0.15) is 0 Å². The highest BCUT2D eigenvalue weighted by Crippen LogP contribution is 2.19. The fourth-order valence-electron chi connectivity index (χ4n) is 3.47. The third-order valence-corrected chi connectivity index (χ3v) is 4.99. The lowest BCUT2D eigenvalue weighted by molar-refractivity contribution is 0.128. The smallest absolute Gasteiger partial charge is 0.191 e. The molecule has 1 aliphatic heterocycles. The Bertz CT molecular complexity index is 693. The van der Waals surface area contributed by atoms with Gasteiger partial charge in [0.1, 0.15) is 11.3 Å². The summed E-state index contributed by atoms with van der Waals surface area (Å²) in [6.45, 7) is 7.73. The SMILES string of the molecule is CCNC(=NCCc1cc2ccccc2o1)NC1CCN(CCOC)CC1.I. The zero-order chi connectivity index (χ0) is 18.9. The summed E-state index contributed by atoms with van der Waals surface area (Å²) in [5.74, 6) is 1.89. The van der Waals surface area contributed by atoms with Gasteiger partial charge in [-0.15, -0.1) is 24.0 Å². The molecule has 0 saturated carbocycles. The largest absolute Gasteiger partial charge is 0.461 e. The van der Waals surface area contributed by atoms with Crippen LogP contribution in [-0.4, -0.2) is 63.3 Å². The summed E-state index contributed by atoms with van der Waals surface area (Å²) in [6, 6.07) is 10.7. The number of hydrogen-bond acceptors (Lipinski definition) is 4. The normalized spacial score (nSPS) is 16.1. The van der Waals surface area contributed by atoms with E-state index in [1.807, 2.05) is 18.2 Å². The molecule has 0 aliphatic carbocycles. The summed E-state index contributed by atoms with van der Waals surface area (Å²) in [7, 11) is 1.76. The topological polar surface area (TPSA) is 62.0 Å². The number of halogens is 1. The molecule has 0 amide bonds. The van der Waals surface area contributed by atoms with Crippen LogP contribution < -0.4 is 10.6 Å². The van der Waals surface area contributed by atoms with Crippen LogP contribution in [0, 0.1) is 0 Å². The summed E-state index contributed by atoms with van der Waals surface area (Å²) >= 11 is 0. The Morgan fingerprint density at radius 3 is 2.79 bits per heavy atom. The van der Waals surface area contributed by atoms with Crippen LogP contribution >= 0.6 is 24.0 Å². The number of para-hydroxylation sites is 1. The third-order valence-electron chi connectivity index (χ3n) is 4.99. The van der Waals surface area contributed by atoms with E-state index in [1.165, 1.54) is 0 Å². The first kappa shape index (κ1) is 23.0. The molecule has 1 aromatic carbocycles. The van der Waals surface area contributed by atoms with Crippen LogP contribution in [0.1, 0.15) is 25.5 Å². The number of hydrogen-bond donors (Lipinski definition) is 2. The lowest BCUT2D eigenvalue weighted by Gasteiger charge is -2.32. The van der Waals surface area contributed by atoms with Crippen molar-refractivity contribution in [2.45, 2.75) is 32.2 Å². The van der Waals surface area contributed by atoms with E-state index in [9.17, 15) is 0 Å². The maximum absolute atomic E-state index is 5.88. The highest BCUT2D eigenvalue weighted by Gasteiger charge is 2.19. The van der Waals surface area contributed by atoms with Crippen molar-refractivity contribution < 1.29 is 9.15 Å². The van der Waals surface area contributed by atoms with Gasteiger partial charge in [0.2, 0.25) is 0 Å². The number of guanidine groups is 1. The Morgan fingerprint density at radius 1 is 1.29 bits per heavy atom. The summed E-state index contributed by atoms with van der Waals surface area (Å²) < 4.78 is 11.1. The van der Waals surface area contributed by atoms with E-state index >= 15 is 0 Å². The van der Waals surface area contributed by atoms with Gasteiger partial charge in [-0.3, -0.25) is 4.99 Å². The van der Waals surface area contributed by atoms with Crippen LogP contribution in [0.5, 0.6) is 0 Å². The molecule has 1 aromatic heterocycles. The fourth-order valence-corrected chi connectivity index (χ4v) is 3.47. The molecule has 0 atom stereocenters. The van der Waals surface area contributed by atoms with Gasteiger partial charge in [0.05, 0.1) is 6.61 Å². The number of benzene rings is 1. The van der Waals surface area contributed by atoms with E-state index in [-0.39, 0.29) is 24.0 Å². The average molecular weight is 500 g/mol. The molecule has 156 valence electrons. The average Bonchev–Trinajstić information content (AvgIpc) is 3.10. The first-order chi connectivity index (χ1) is 13.3. The van der Waals surface area contributed by atoms with Crippen molar-refractivity contribution in [2.24, 2.45) is 4.99 Å². The third kappa shape index (κ3) is 6.93. The zero-order valence-electron chi connectivity index (χ0n) is 16.9. The maximum Gasteiger partial charge on any atom is 0.191 e. The Kier molecular flexibility index (Phi) is 10.1. The number of likely N-dealkylation sites (tertiary alicyclic amines) is 1. The quantitative estimate of drug-likeness (QED) is 0.331. The predicted molar refractivity (Wildman–Crippen MR) is 126 cm³/mol. The van der Waals surface area contributed by atoms with E-state index < -0.39 is 0 Å². The molecule has 0 unspecified atom stereocenters. The molecule has 3 rings (SSSR count). The molecule has 6 nitrogen and oxygen atoms in total. The number of rotatable bonds is 8. The predicted octanol–water partition coefficient (Wildman–Crippen LogP) is 3.26. The van der Waals surface area contributed by atoms with Crippen molar-refractivity contribution in [2.75, 3.05) is 46.4 Å². The number of fused-ring (bicyclic) bond motifs is 1. The number of piperidine rings is 1. The molecule has 0 bridgehead atoms. The van der Waals surface area contributed by atoms with E-state index in [0.717, 1.165) is 74.7 Å². The number of methoxy groups -OCH3 is 1. The summed E-state index contributed by atoms with van der Waals surface area (Å²) in [6.07, 6.45) is 3.08. The molecule has 1 aliphatic rings. The highest BCUT2D eigenvalue weighted by atomic mass is 127. The van der Waals surface area contributed by atoms with Crippen LogP contribution in [-0.2, 0) is 11.2 Å². The Balaban J connectivity index is 0.00000280. The van der Waals surface area contributed by atoms with Crippen molar-refractivity contribution >= 4 is 40.9 Å². The molecule has 1 saturated heterocycles. The lowest BCUT2D eigenvalue weighted by atomic mass is 10.1. The zero-order valence-corrected chi connectivity index (χ0v) is 19.3. The van der Waals surface area contributed by atoms with Gasteiger partial charge in [0.15, 0.2) is 5.96 Å². The van der Waals surface area contributed by atoms with Gasteiger partial charge in [-0.25, -0.2) is 0 Å². The number of nitrogens with zero attached hydrogens (tertiary/aromatic N) is 2. The summed E-state index contributed by atoms with van der Waals surface area (Å²) in [5, 5.41) is 8.11. The Morgan fingerprint density at radius 2 is 2.07 bits per heavy atom. The van der Waals surface area contributed by atoms with Gasteiger partial charge in [-0.05, 0) is 31.9 Å². The minimum atomic E-state index is 0. The Hall–Kier alpha value is -1.32. The number of nitrogens with one attached hydrogen (secondary N) is 2. The molecule has 0 spiro atoms. The maximum atomic E-state index is 5.88. The number of furan rings is 1. The van der Waals surface area contributed by atoms with Crippen molar-refractivity contribution in [3.8, 4) is 0 Å². The van der Waals surface area contributed by atoms with Gasteiger partial charge in [-0.1, -0.05) is 18.2 Å². The van der Waals surface area contributed by atoms with Crippen LogP contribution in [0.25, 0.3) is 11.0 Å². The second-order valence-corrected chi connectivity index (χ2v) is 7.01. The number of aliphatic imine (C=N–C) groups is 1. The first-order valence-corrected chi connectivity index (χ1v) is 10.0. The summed E-state index contributed by atoms with van der Waals surface area (Å²) in [4.78, 5) is 7.21. The minimum absolute atomic E-state index is 0. The van der Waals surface area contributed by atoms with Gasteiger partial charge in [0.25, 0.3) is 0 Å². The van der Waals surface area contributed by atoms with E-state index in [2.05, 4.69) is 34.6 Å². The molecule has 2 N–H and O–H groups in total. The van der Waals surface area contributed by atoms with E-state index in [4.69, 9.17) is 14.1 Å². The van der Waals surface area contributed by atoms with Gasteiger partial charge < -0.3 is 24.7 Å². The molecule has 2 aromatic rings. The van der Waals surface area contributed by atoms with Crippen molar-refractivity contribution in [1.29, 1.82) is 0 Å². The van der Waals surface area contributed by atoms with Crippen LogP contribution in [0.3, 0.4) is 0 Å². The summed E-state index contributed by atoms with van der Waals surface area (Å²) in [5.41, 5.74) is 0.946. The highest BCUT2D eigenvalue weighted by molar-refractivity contribution is 14.0. The van der Waals surface area contributed by atoms with Crippen molar-refractivity contribution in [3.05, 3.63) is 36.1 Å². The van der Waals surface area contributed by atoms with Crippen molar-refractivity contribution in [3.63, 3.8) is 0 Å². The molecule has 1 fully saturated rings. The first-order valence-electron chi connectivity index (χ1n) is 10.0. The van der Waals surface area contributed by atoms with Crippen molar-refractivity contribution in [1.82, 2.24) is 15.5 Å². The van der Waals surface area contributed by atoms with E-state index in [0.29, 0.717) is 12.6 Å². The van der Waals surface area contributed by atoms with Gasteiger partial charge in [0, 0.05) is 57.7 Å². The molecule has 28 heavy (non-hydrogen) atoms. The van der Waals surface area contributed by atoms with E-state index in [1.54, 1.807) is 7.11 Å². The Labute approximate surface area is 185 Å². The number of ether oxygens (including phenoxy) is 1. The monoisotopic (exact) mass is 500 g/mol. The molecule has 0 radical (unpaired) electrons. The van der Waals surface area contributed by atoms with Crippen LogP contribution in [0.4, 0.5) is 0 Å². The molecular formula is C21H33IN4O2. The minimum Gasteiger partial charge on any atom is -0.461 e. The van der Waals surface area contributed by atoms with Crippen LogP contribution in [0.15, 0.2) is 39.7 Å². The lowest BCUT2D eigenvalue weighted by Crippen LogP contribution is -2.49. The fraction of sp³-hybridized carbons (Fsp3) is 0.571.